The van der Waals surface area contributed by atoms with Crippen molar-refractivity contribution in [1.82, 2.24) is 4.98 Å². The summed E-state index contributed by atoms with van der Waals surface area (Å²) in [7, 11) is 4.59. The predicted octanol–water partition coefficient (Wildman–Crippen LogP) is 2.02. The van der Waals surface area contributed by atoms with Gasteiger partial charge < -0.3 is 18.6 Å². The molecular formula is C14H14N4O4. The van der Waals surface area contributed by atoms with Crippen molar-refractivity contribution in [2.45, 2.75) is 0 Å². The number of hydrogen-bond acceptors (Lipinski definition) is 8. The van der Waals surface area contributed by atoms with Crippen LogP contribution in [0.5, 0.6) is 17.2 Å². The summed E-state index contributed by atoms with van der Waals surface area (Å²) >= 11 is 0. The van der Waals surface area contributed by atoms with E-state index in [9.17, 15) is 0 Å². The number of methoxy groups -OCH3 is 3. The largest absolute Gasteiger partial charge is 0.493 e. The zero-order valence-corrected chi connectivity index (χ0v) is 12.3. The van der Waals surface area contributed by atoms with E-state index in [4.69, 9.17) is 23.9 Å². The number of anilines is 1. The summed E-state index contributed by atoms with van der Waals surface area (Å²) in [4.78, 5) is 3.72. The molecule has 0 fully saturated rings. The number of nitrogens with zero attached hydrogens (tertiary/aromatic N) is 3. The van der Waals surface area contributed by atoms with E-state index in [0.717, 1.165) is 6.39 Å². The molecule has 2 rings (SSSR count). The monoisotopic (exact) mass is 302 g/mol. The van der Waals surface area contributed by atoms with Crippen LogP contribution in [-0.2, 0) is 0 Å². The van der Waals surface area contributed by atoms with Crippen LogP contribution in [-0.4, -0.2) is 32.5 Å². The summed E-state index contributed by atoms with van der Waals surface area (Å²) in [5.74, 6) is 1.70. The first-order chi connectivity index (χ1) is 10.7. The number of benzene rings is 1. The highest BCUT2D eigenvalue weighted by molar-refractivity contribution is 5.83. The van der Waals surface area contributed by atoms with Gasteiger partial charge >= 0.3 is 0 Å². The smallest absolute Gasteiger partial charge is 0.251 e. The first-order valence-electron chi connectivity index (χ1n) is 6.16. The maximum atomic E-state index is 8.81. The van der Waals surface area contributed by atoms with Gasteiger partial charge in [0.05, 0.1) is 27.5 Å². The first kappa shape index (κ1) is 15.2. The Labute approximate surface area is 126 Å². The van der Waals surface area contributed by atoms with Crippen LogP contribution in [0.1, 0.15) is 11.3 Å². The molecule has 0 aliphatic rings. The number of rotatable bonds is 6. The molecule has 0 atom stereocenters. The fourth-order valence-electron chi connectivity index (χ4n) is 1.75. The van der Waals surface area contributed by atoms with Crippen LogP contribution < -0.4 is 19.6 Å². The summed E-state index contributed by atoms with van der Waals surface area (Å²) in [5.41, 5.74) is 3.44. The molecular weight excluding hydrogens is 288 g/mol. The molecule has 0 radical (unpaired) electrons. The third-order valence-electron chi connectivity index (χ3n) is 2.74. The molecule has 8 nitrogen and oxygen atoms in total. The van der Waals surface area contributed by atoms with Gasteiger partial charge in [0, 0.05) is 5.56 Å². The molecule has 0 unspecified atom stereocenters. The Hall–Kier alpha value is -3.21. The summed E-state index contributed by atoms with van der Waals surface area (Å²) < 4.78 is 20.7. The summed E-state index contributed by atoms with van der Waals surface area (Å²) in [6.07, 6.45) is 2.68. The average Bonchev–Trinajstić information content (AvgIpc) is 3.01. The van der Waals surface area contributed by atoms with Crippen LogP contribution in [0.4, 0.5) is 5.88 Å². The molecule has 0 amide bonds. The third kappa shape index (κ3) is 3.09. The second-order valence-electron chi connectivity index (χ2n) is 3.97. The Bertz CT molecular complexity index is 693. The fraction of sp³-hybridized carbons (Fsp3) is 0.214. The summed E-state index contributed by atoms with van der Waals surface area (Å²) in [5, 5.41) is 12.8. The molecule has 1 N–H and O–H groups in total. The van der Waals surface area contributed by atoms with Crippen molar-refractivity contribution in [3.63, 3.8) is 0 Å². The topological polar surface area (TPSA) is 102 Å². The van der Waals surface area contributed by atoms with Gasteiger partial charge in [-0.1, -0.05) is 0 Å². The number of oxazole rings is 1. The SMILES string of the molecule is COc1cc(/C=N\Nc2ocnc2C#N)cc(OC)c1OC. The summed E-state index contributed by atoms with van der Waals surface area (Å²) in [6, 6.07) is 5.35. The summed E-state index contributed by atoms with van der Waals surface area (Å²) in [6.45, 7) is 0. The van der Waals surface area contributed by atoms with E-state index >= 15 is 0 Å². The zero-order valence-electron chi connectivity index (χ0n) is 12.3. The van der Waals surface area contributed by atoms with Gasteiger partial charge in [-0.05, 0) is 12.1 Å². The van der Waals surface area contributed by atoms with Crippen molar-refractivity contribution in [2.24, 2.45) is 5.10 Å². The van der Waals surface area contributed by atoms with Crippen molar-refractivity contribution >= 4 is 12.1 Å². The predicted molar refractivity (Wildman–Crippen MR) is 78.5 cm³/mol. The third-order valence-corrected chi connectivity index (χ3v) is 2.74. The van der Waals surface area contributed by atoms with Gasteiger partial charge in [0.25, 0.3) is 5.88 Å². The molecule has 0 bridgehead atoms. The minimum atomic E-state index is 0.127. The van der Waals surface area contributed by atoms with Crippen molar-refractivity contribution < 1.29 is 18.6 Å². The van der Waals surface area contributed by atoms with E-state index in [1.807, 2.05) is 6.07 Å². The van der Waals surface area contributed by atoms with Gasteiger partial charge in [-0.15, -0.1) is 0 Å². The van der Waals surface area contributed by atoms with Crippen molar-refractivity contribution in [1.29, 1.82) is 5.26 Å². The molecule has 0 aliphatic heterocycles. The molecule has 114 valence electrons. The molecule has 22 heavy (non-hydrogen) atoms. The number of nitriles is 1. The highest BCUT2D eigenvalue weighted by Gasteiger charge is 2.12. The van der Waals surface area contributed by atoms with E-state index in [1.165, 1.54) is 27.5 Å². The molecule has 2 aromatic rings. The van der Waals surface area contributed by atoms with Gasteiger partial charge in [-0.2, -0.15) is 10.4 Å². The average molecular weight is 302 g/mol. The fourth-order valence-corrected chi connectivity index (χ4v) is 1.75. The lowest BCUT2D eigenvalue weighted by atomic mass is 10.2. The Morgan fingerprint density at radius 3 is 2.45 bits per heavy atom. The number of hydrazone groups is 1. The quantitative estimate of drug-likeness (QED) is 0.643. The molecule has 1 aromatic heterocycles. The molecule has 0 aliphatic carbocycles. The maximum absolute atomic E-state index is 8.81. The van der Waals surface area contributed by atoms with Gasteiger partial charge in [-0.25, -0.2) is 10.4 Å². The minimum absolute atomic E-state index is 0.127. The normalized spacial score (nSPS) is 10.3. The molecule has 0 spiro atoms. The molecule has 1 heterocycles. The van der Waals surface area contributed by atoms with E-state index < -0.39 is 0 Å². The van der Waals surface area contributed by atoms with Gasteiger partial charge in [-0.3, -0.25) is 0 Å². The van der Waals surface area contributed by atoms with E-state index in [-0.39, 0.29) is 11.6 Å². The second kappa shape index (κ2) is 6.99. The number of hydrogen-bond donors (Lipinski definition) is 1. The Morgan fingerprint density at radius 1 is 1.23 bits per heavy atom. The number of ether oxygens (including phenoxy) is 3. The van der Waals surface area contributed by atoms with Crippen LogP contribution in [0.2, 0.25) is 0 Å². The maximum Gasteiger partial charge on any atom is 0.251 e. The highest BCUT2D eigenvalue weighted by atomic mass is 16.5. The second-order valence-corrected chi connectivity index (χ2v) is 3.97. The van der Waals surface area contributed by atoms with E-state index in [0.29, 0.717) is 22.8 Å². The number of nitrogens with one attached hydrogen (secondary N) is 1. The molecule has 1 aromatic carbocycles. The Morgan fingerprint density at radius 2 is 1.91 bits per heavy atom. The van der Waals surface area contributed by atoms with Crippen molar-refractivity contribution in [3.8, 4) is 23.3 Å². The molecule has 0 saturated carbocycles. The highest BCUT2D eigenvalue weighted by Crippen LogP contribution is 2.37. The van der Waals surface area contributed by atoms with E-state index in [1.54, 1.807) is 12.1 Å². The lowest BCUT2D eigenvalue weighted by Crippen LogP contribution is -1.97. The van der Waals surface area contributed by atoms with Crippen LogP contribution >= 0.6 is 0 Å². The Balaban J connectivity index is 2.22. The lowest BCUT2D eigenvalue weighted by Gasteiger charge is -2.12. The van der Waals surface area contributed by atoms with Gasteiger partial charge in [0.1, 0.15) is 6.07 Å². The van der Waals surface area contributed by atoms with Crippen molar-refractivity contribution in [3.05, 3.63) is 29.8 Å². The van der Waals surface area contributed by atoms with E-state index in [2.05, 4.69) is 15.5 Å². The zero-order chi connectivity index (χ0) is 15.9. The standard InChI is InChI=1S/C14H14N4O4/c1-19-11-4-9(5-12(20-2)13(11)21-3)7-17-18-14-10(6-15)16-8-22-14/h4-5,7-8,18H,1-3H3/b17-7-. The molecule has 8 heteroatoms. The number of aromatic nitrogens is 1. The Kier molecular flexibility index (Phi) is 4.82. The van der Waals surface area contributed by atoms with Crippen LogP contribution in [0.3, 0.4) is 0 Å². The minimum Gasteiger partial charge on any atom is -0.493 e. The van der Waals surface area contributed by atoms with Crippen LogP contribution in [0.15, 0.2) is 28.0 Å². The van der Waals surface area contributed by atoms with Gasteiger partial charge in [0.2, 0.25) is 11.4 Å². The van der Waals surface area contributed by atoms with Gasteiger partial charge in [0.15, 0.2) is 17.9 Å². The van der Waals surface area contributed by atoms with Crippen molar-refractivity contribution in [2.75, 3.05) is 26.8 Å². The van der Waals surface area contributed by atoms with Crippen LogP contribution in [0.25, 0.3) is 0 Å². The molecule has 0 saturated heterocycles. The first-order valence-corrected chi connectivity index (χ1v) is 6.16. The lowest BCUT2D eigenvalue weighted by molar-refractivity contribution is 0.324. The van der Waals surface area contributed by atoms with Crippen LogP contribution in [0, 0.1) is 11.3 Å².